The molecule has 0 spiro atoms. The number of rotatable bonds is 4. The van der Waals surface area contributed by atoms with Crippen molar-refractivity contribution in [3.63, 3.8) is 0 Å². The summed E-state index contributed by atoms with van der Waals surface area (Å²) >= 11 is 1.27. The molecule has 3 nitrogen and oxygen atoms in total. The van der Waals surface area contributed by atoms with Crippen molar-refractivity contribution in [2.75, 3.05) is 4.90 Å². The summed E-state index contributed by atoms with van der Waals surface area (Å²) in [5, 5.41) is 0. The molecule has 0 unspecified atom stereocenters. The second-order valence-electron chi connectivity index (χ2n) is 6.86. The molecule has 0 atom stereocenters. The Balaban J connectivity index is 1.85. The molecule has 0 saturated heterocycles. The van der Waals surface area contributed by atoms with Gasteiger partial charge in [0.2, 0.25) is 0 Å². The zero-order chi connectivity index (χ0) is 20.5. The summed E-state index contributed by atoms with van der Waals surface area (Å²) in [5.74, 6) is -1.22. The molecular weight excluding hydrogens is 385 g/mol. The molecule has 1 heterocycles. The van der Waals surface area contributed by atoms with Crippen LogP contribution in [-0.2, 0) is 9.59 Å². The number of nitrogens with zero attached hydrogens (tertiary/aromatic N) is 1. The fourth-order valence-electron chi connectivity index (χ4n) is 3.37. The predicted molar refractivity (Wildman–Crippen MR) is 114 cm³/mol. The van der Waals surface area contributed by atoms with Gasteiger partial charge in [-0.15, -0.1) is 0 Å². The van der Waals surface area contributed by atoms with Gasteiger partial charge in [-0.1, -0.05) is 53.7 Å². The van der Waals surface area contributed by atoms with Crippen molar-refractivity contribution in [2.45, 2.75) is 18.7 Å². The van der Waals surface area contributed by atoms with E-state index < -0.39 is 17.6 Å². The standard InChI is InChI=1S/C24H18FNO2S/c1-15-8-13-20(16(2)14-15)21-22(29-19-6-4-3-5-7-19)24(28)26(23(21)27)18-11-9-17(25)10-12-18/h3-14H,1-2H3. The number of anilines is 1. The molecular formula is C24H18FNO2S. The normalized spacial score (nSPS) is 14.1. The number of carbonyl (C=O) groups is 2. The molecule has 0 radical (unpaired) electrons. The van der Waals surface area contributed by atoms with Crippen LogP contribution in [-0.4, -0.2) is 11.8 Å². The molecule has 1 aliphatic rings. The molecule has 3 aromatic rings. The molecule has 0 fully saturated rings. The number of benzene rings is 3. The van der Waals surface area contributed by atoms with Gasteiger partial charge in [-0.25, -0.2) is 9.29 Å². The predicted octanol–water partition coefficient (Wildman–Crippen LogP) is 5.52. The summed E-state index contributed by atoms with van der Waals surface area (Å²) in [5.41, 5.74) is 3.47. The molecule has 144 valence electrons. The molecule has 0 bridgehead atoms. The first-order valence-electron chi connectivity index (χ1n) is 9.15. The van der Waals surface area contributed by atoms with E-state index in [-0.39, 0.29) is 0 Å². The van der Waals surface area contributed by atoms with Crippen LogP contribution in [0.5, 0.6) is 0 Å². The third kappa shape index (κ3) is 3.61. The second-order valence-corrected chi connectivity index (χ2v) is 7.94. The van der Waals surface area contributed by atoms with Gasteiger partial charge in [-0.05, 0) is 61.4 Å². The Bertz CT molecular complexity index is 1140. The van der Waals surface area contributed by atoms with E-state index in [0.29, 0.717) is 16.2 Å². The molecule has 0 saturated carbocycles. The van der Waals surface area contributed by atoms with E-state index in [1.54, 1.807) is 0 Å². The van der Waals surface area contributed by atoms with Gasteiger partial charge in [0, 0.05) is 4.90 Å². The Labute approximate surface area is 172 Å². The summed E-state index contributed by atoms with van der Waals surface area (Å²) in [7, 11) is 0. The molecule has 4 rings (SSSR count). The number of hydrogen-bond donors (Lipinski definition) is 0. The average molecular weight is 403 g/mol. The lowest BCUT2D eigenvalue weighted by atomic mass is 9.99. The van der Waals surface area contributed by atoms with Crippen molar-refractivity contribution in [1.82, 2.24) is 0 Å². The van der Waals surface area contributed by atoms with Crippen molar-refractivity contribution in [1.29, 1.82) is 0 Å². The molecule has 2 amide bonds. The second kappa shape index (κ2) is 7.68. The zero-order valence-corrected chi connectivity index (χ0v) is 16.8. The van der Waals surface area contributed by atoms with E-state index in [0.717, 1.165) is 26.5 Å². The van der Waals surface area contributed by atoms with E-state index in [9.17, 15) is 14.0 Å². The van der Waals surface area contributed by atoms with E-state index in [2.05, 4.69) is 0 Å². The Kier molecular flexibility index (Phi) is 5.07. The summed E-state index contributed by atoms with van der Waals surface area (Å²) in [6, 6.07) is 20.7. The van der Waals surface area contributed by atoms with Crippen molar-refractivity contribution in [3.8, 4) is 0 Å². The number of amides is 2. The van der Waals surface area contributed by atoms with E-state index in [4.69, 9.17) is 0 Å². The minimum Gasteiger partial charge on any atom is -0.268 e. The fourth-order valence-corrected chi connectivity index (χ4v) is 4.37. The smallest absolute Gasteiger partial charge is 0.268 e. The zero-order valence-electron chi connectivity index (χ0n) is 16.0. The quantitative estimate of drug-likeness (QED) is 0.538. The first-order chi connectivity index (χ1) is 14.0. The summed E-state index contributed by atoms with van der Waals surface area (Å²) in [6.07, 6.45) is 0. The lowest BCUT2D eigenvalue weighted by Crippen LogP contribution is -2.31. The summed E-state index contributed by atoms with van der Waals surface area (Å²) in [4.78, 5) is 29.0. The van der Waals surface area contributed by atoms with Crippen LogP contribution in [0.4, 0.5) is 10.1 Å². The van der Waals surface area contributed by atoms with Crippen LogP contribution in [0.2, 0.25) is 0 Å². The van der Waals surface area contributed by atoms with Gasteiger partial charge in [0.1, 0.15) is 5.82 Å². The SMILES string of the molecule is Cc1ccc(C2=C(Sc3ccccc3)C(=O)N(c3ccc(F)cc3)C2=O)c(C)c1. The van der Waals surface area contributed by atoms with E-state index in [1.807, 2.05) is 62.4 Å². The van der Waals surface area contributed by atoms with Gasteiger partial charge >= 0.3 is 0 Å². The number of hydrogen-bond acceptors (Lipinski definition) is 3. The van der Waals surface area contributed by atoms with Crippen LogP contribution in [0.25, 0.3) is 5.57 Å². The van der Waals surface area contributed by atoms with Crippen LogP contribution in [0.1, 0.15) is 16.7 Å². The van der Waals surface area contributed by atoms with Gasteiger partial charge in [0.05, 0.1) is 16.2 Å². The lowest BCUT2D eigenvalue weighted by Gasteiger charge is -2.15. The first-order valence-corrected chi connectivity index (χ1v) is 9.96. The van der Waals surface area contributed by atoms with Crippen LogP contribution in [0.15, 0.2) is 82.6 Å². The van der Waals surface area contributed by atoms with Gasteiger partial charge in [-0.3, -0.25) is 9.59 Å². The maximum atomic E-state index is 13.4. The number of thioether (sulfide) groups is 1. The minimum absolute atomic E-state index is 0.354. The van der Waals surface area contributed by atoms with Crippen LogP contribution < -0.4 is 4.90 Å². The van der Waals surface area contributed by atoms with Gasteiger partial charge < -0.3 is 0 Å². The van der Waals surface area contributed by atoms with Crippen LogP contribution in [0.3, 0.4) is 0 Å². The van der Waals surface area contributed by atoms with E-state index >= 15 is 0 Å². The number of aryl methyl sites for hydroxylation is 2. The maximum Gasteiger partial charge on any atom is 0.272 e. The largest absolute Gasteiger partial charge is 0.272 e. The highest BCUT2D eigenvalue weighted by molar-refractivity contribution is 8.04. The fraction of sp³-hybridized carbons (Fsp3) is 0.0833. The highest BCUT2D eigenvalue weighted by Crippen LogP contribution is 2.42. The van der Waals surface area contributed by atoms with Crippen LogP contribution >= 0.6 is 11.8 Å². The summed E-state index contributed by atoms with van der Waals surface area (Å²) in [6.45, 7) is 3.91. The minimum atomic E-state index is -0.422. The lowest BCUT2D eigenvalue weighted by molar-refractivity contribution is -0.119. The Morgan fingerprint density at radius 3 is 2.17 bits per heavy atom. The van der Waals surface area contributed by atoms with Gasteiger partial charge in [-0.2, -0.15) is 0 Å². The molecule has 0 aromatic heterocycles. The Hall–Kier alpha value is -3.18. The molecule has 1 aliphatic heterocycles. The highest BCUT2D eigenvalue weighted by Gasteiger charge is 2.40. The number of carbonyl (C=O) groups excluding carboxylic acids is 2. The third-order valence-electron chi connectivity index (χ3n) is 4.74. The molecule has 29 heavy (non-hydrogen) atoms. The van der Waals surface area contributed by atoms with Crippen molar-refractivity contribution in [3.05, 3.63) is 100 Å². The summed E-state index contributed by atoms with van der Waals surface area (Å²) < 4.78 is 13.4. The topological polar surface area (TPSA) is 37.4 Å². The number of halogens is 1. The molecule has 5 heteroatoms. The van der Waals surface area contributed by atoms with Gasteiger partial charge in [0.15, 0.2) is 0 Å². The molecule has 0 aliphatic carbocycles. The highest BCUT2D eigenvalue weighted by atomic mass is 32.2. The van der Waals surface area contributed by atoms with Gasteiger partial charge in [0.25, 0.3) is 11.8 Å². The monoisotopic (exact) mass is 403 g/mol. The van der Waals surface area contributed by atoms with Crippen LogP contribution in [0, 0.1) is 19.7 Å². The van der Waals surface area contributed by atoms with Crippen molar-refractivity contribution >= 4 is 34.8 Å². The Morgan fingerprint density at radius 1 is 0.828 bits per heavy atom. The average Bonchev–Trinajstić information content (AvgIpc) is 2.94. The molecule has 0 N–H and O–H groups in total. The maximum absolute atomic E-state index is 13.4. The van der Waals surface area contributed by atoms with E-state index in [1.165, 1.54) is 36.0 Å². The Morgan fingerprint density at radius 2 is 1.52 bits per heavy atom. The molecule has 3 aromatic carbocycles. The first kappa shape index (κ1) is 19.2. The number of imide groups is 1. The third-order valence-corrected chi connectivity index (χ3v) is 5.83. The van der Waals surface area contributed by atoms with Crippen molar-refractivity contribution < 1.29 is 14.0 Å². The van der Waals surface area contributed by atoms with Crippen molar-refractivity contribution in [2.24, 2.45) is 0 Å².